The van der Waals surface area contributed by atoms with Gasteiger partial charge in [0.25, 0.3) is 0 Å². The molecular formula is C17H17BrFNO2. The fourth-order valence-corrected chi connectivity index (χ4v) is 2.46. The number of carbonyl (C=O) groups is 1. The van der Waals surface area contributed by atoms with Gasteiger partial charge in [0.05, 0.1) is 7.11 Å². The van der Waals surface area contributed by atoms with Crippen molar-refractivity contribution in [2.24, 2.45) is 0 Å². The topological polar surface area (TPSA) is 38.3 Å². The smallest absolute Gasteiger partial charge is 0.220 e. The molecule has 5 heteroatoms. The third-order valence-electron chi connectivity index (χ3n) is 3.26. The number of nitrogens with one attached hydrogen (secondary N) is 1. The van der Waals surface area contributed by atoms with Gasteiger partial charge in [-0.2, -0.15) is 0 Å². The molecule has 0 unspecified atom stereocenters. The van der Waals surface area contributed by atoms with Gasteiger partial charge in [0.1, 0.15) is 11.6 Å². The zero-order valence-electron chi connectivity index (χ0n) is 12.2. The van der Waals surface area contributed by atoms with Crippen LogP contribution in [-0.4, -0.2) is 13.0 Å². The highest BCUT2D eigenvalue weighted by Crippen LogP contribution is 2.16. The Morgan fingerprint density at radius 1 is 1.27 bits per heavy atom. The van der Waals surface area contributed by atoms with Crippen LogP contribution < -0.4 is 10.1 Å². The predicted octanol–water partition coefficient (Wildman–Crippen LogP) is 3.85. The number of hydrogen-bond donors (Lipinski definition) is 1. The zero-order chi connectivity index (χ0) is 15.9. The van der Waals surface area contributed by atoms with Gasteiger partial charge < -0.3 is 10.1 Å². The van der Waals surface area contributed by atoms with E-state index in [1.807, 2.05) is 24.3 Å². The second-order valence-corrected chi connectivity index (χ2v) is 5.78. The summed E-state index contributed by atoms with van der Waals surface area (Å²) in [6.07, 6.45) is 0.965. The molecule has 0 saturated carbocycles. The van der Waals surface area contributed by atoms with Crippen LogP contribution in [0.25, 0.3) is 0 Å². The number of methoxy groups -OCH3 is 1. The molecule has 0 aliphatic heterocycles. The molecule has 0 saturated heterocycles. The second kappa shape index (κ2) is 7.94. The summed E-state index contributed by atoms with van der Waals surface area (Å²) < 4.78 is 19.5. The minimum Gasteiger partial charge on any atom is -0.497 e. The van der Waals surface area contributed by atoms with Crippen LogP contribution in [0, 0.1) is 5.82 Å². The molecule has 0 atom stereocenters. The van der Waals surface area contributed by atoms with Crippen molar-refractivity contribution < 1.29 is 13.9 Å². The first-order valence-electron chi connectivity index (χ1n) is 6.92. The lowest BCUT2D eigenvalue weighted by Crippen LogP contribution is -2.23. The van der Waals surface area contributed by atoms with Crippen molar-refractivity contribution in [3.05, 3.63) is 63.9 Å². The van der Waals surface area contributed by atoms with E-state index < -0.39 is 0 Å². The van der Waals surface area contributed by atoms with Crippen molar-refractivity contribution in [2.45, 2.75) is 19.4 Å². The Hall–Kier alpha value is -1.88. The molecule has 22 heavy (non-hydrogen) atoms. The summed E-state index contributed by atoms with van der Waals surface area (Å²) in [6, 6.07) is 12.3. The van der Waals surface area contributed by atoms with E-state index in [1.54, 1.807) is 19.2 Å². The average Bonchev–Trinajstić information content (AvgIpc) is 2.54. The van der Waals surface area contributed by atoms with Gasteiger partial charge in [0.15, 0.2) is 0 Å². The van der Waals surface area contributed by atoms with E-state index in [9.17, 15) is 9.18 Å². The molecule has 1 amide bonds. The fourth-order valence-electron chi connectivity index (χ4n) is 2.05. The Morgan fingerprint density at radius 3 is 2.86 bits per heavy atom. The summed E-state index contributed by atoms with van der Waals surface area (Å²) in [5.41, 5.74) is 1.49. The molecule has 0 aliphatic rings. The lowest BCUT2D eigenvalue weighted by molar-refractivity contribution is -0.121. The Balaban J connectivity index is 1.84. The first-order chi connectivity index (χ1) is 10.6. The minimum atomic E-state index is -0.323. The van der Waals surface area contributed by atoms with Crippen LogP contribution >= 0.6 is 15.9 Å². The number of benzene rings is 2. The average molecular weight is 366 g/mol. The van der Waals surface area contributed by atoms with Gasteiger partial charge >= 0.3 is 0 Å². The van der Waals surface area contributed by atoms with Crippen molar-refractivity contribution >= 4 is 21.8 Å². The van der Waals surface area contributed by atoms with Gasteiger partial charge in [-0.3, -0.25) is 4.79 Å². The lowest BCUT2D eigenvalue weighted by atomic mass is 10.1. The summed E-state index contributed by atoms with van der Waals surface area (Å²) in [7, 11) is 1.61. The third-order valence-corrected chi connectivity index (χ3v) is 3.75. The minimum absolute atomic E-state index is 0.109. The maximum absolute atomic E-state index is 13.6. The van der Waals surface area contributed by atoms with E-state index in [0.29, 0.717) is 18.4 Å². The van der Waals surface area contributed by atoms with Crippen molar-refractivity contribution in [1.82, 2.24) is 5.32 Å². The molecule has 2 rings (SSSR count). The molecular weight excluding hydrogens is 349 g/mol. The Morgan fingerprint density at radius 2 is 2.09 bits per heavy atom. The largest absolute Gasteiger partial charge is 0.497 e. The maximum atomic E-state index is 13.6. The number of ether oxygens (including phenoxy) is 1. The van der Waals surface area contributed by atoms with Crippen molar-refractivity contribution in [2.75, 3.05) is 7.11 Å². The van der Waals surface area contributed by atoms with Crippen LogP contribution in [-0.2, 0) is 17.8 Å². The molecule has 1 N–H and O–H groups in total. The molecule has 0 radical (unpaired) electrons. The SMILES string of the molecule is COc1cccc(CCC(=O)NCc2cc(Br)ccc2F)c1. The van der Waals surface area contributed by atoms with E-state index >= 15 is 0 Å². The van der Waals surface area contributed by atoms with Gasteiger partial charge in [-0.25, -0.2) is 4.39 Å². The van der Waals surface area contributed by atoms with Gasteiger partial charge in [-0.1, -0.05) is 28.1 Å². The number of rotatable bonds is 6. The maximum Gasteiger partial charge on any atom is 0.220 e. The van der Waals surface area contributed by atoms with E-state index in [-0.39, 0.29) is 18.3 Å². The number of halogens is 2. The molecule has 0 bridgehead atoms. The normalized spacial score (nSPS) is 10.3. The van der Waals surface area contributed by atoms with Gasteiger partial charge in [-0.15, -0.1) is 0 Å². The summed E-state index contributed by atoms with van der Waals surface area (Å²) in [6.45, 7) is 0.183. The van der Waals surface area contributed by atoms with Gasteiger partial charge in [-0.05, 0) is 42.3 Å². The number of aryl methyl sites for hydroxylation is 1. The molecule has 2 aromatic carbocycles. The van der Waals surface area contributed by atoms with Crippen LogP contribution in [0.4, 0.5) is 4.39 Å². The summed E-state index contributed by atoms with van der Waals surface area (Å²) >= 11 is 3.29. The quantitative estimate of drug-likeness (QED) is 0.844. The monoisotopic (exact) mass is 365 g/mol. The van der Waals surface area contributed by atoms with Crippen LogP contribution in [0.1, 0.15) is 17.5 Å². The molecule has 0 aliphatic carbocycles. The summed E-state index contributed by atoms with van der Waals surface area (Å²) in [4.78, 5) is 11.9. The molecule has 116 valence electrons. The van der Waals surface area contributed by atoms with E-state index in [2.05, 4.69) is 21.2 Å². The van der Waals surface area contributed by atoms with Crippen molar-refractivity contribution in [3.63, 3.8) is 0 Å². The van der Waals surface area contributed by atoms with Gasteiger partial charge in [0.2, 0.25) is 5.91 Å². The highest BCUT2D eigenvalue weighted by Gasteiger charge is 2.06. The summed E-state index contributed by atoms with van der Waals surface area (Å²) in [5, 5.41) is 2.73. The highest BCUT2D eigenvalue weighted by atomic mass is 79.9. The zero-order valence-corrected chi connectivity index (χ0v) is 13.8. The molecule has 3 nitrogen and oxygen atoms in total. The molecule has 2 aromatic rings. The molecule has 0 fully saturated rings. The number of hydrogen-bond acceptors (Lipinski definition) is 2. The Bertz CT molecular complexity index is 661. The highest BCUT2D eigenvalue weighted by molar-refractivity contribution is 9.10. The van der Waals surface area contributed by atoms with E-state index in [4.69, 9.17) is 4.74 Å². The summed E-state index contributed by atoms with van der Waals surface area (Å²) in [5.74, 6) is 0.340. The Kier molecular flexibility index (Phi) is 5.95. The van der Waals surface area contributed by atoms with Crippen molar-refractivity contribution in [1.29, 1.82) is 0 Å². The Labute approximate surface area is 137 Å². The van der Waals surface area contributed by atoms with Crippen molar-refractivity contribution in [3.8, 4) is 5.75 Å². The predicted molar refractivity (Wildman–Crippen MR) is 87.3 cm³/mol. The van der Waals surface area contributed by atoms with E-state index in [0.717, 1.165) is 15.8 Å². The molecule has 0 aromatic heterocycles. The van der Waals surface area contributed by atoms with Crippen LogP contribution in [0.2, 0.25) is 0 Å². The number of amides is 1. The second-order valence-electron chi connectivity index (χ2n) is 4.86. The van der Waals surface area contributed by atoms with Crippen LogP contribution in [0.5, 0.6) is 5.75 Å². The standard InChI is InChI=1S/C17H17BrFNO2/c1-22-15-4-2-3-12(9-15)5-8-17(21)20-11-13-10-14(18)6-7-16(13)19/h2-4,6-7,9-10H,5,8,11H2,1H3,(H,20,21). The van der Waals surface area contributed by atoms with Crippen LogP contribution in [0.3, 0.4) is 0 Å². The lowest BCUT2D eigenvalue weighted by Gasteiger charge is -2.08. The third kappa shape index (κ3) is 4.84. The molecule has 0 spiro atoms. The fraction of sp³-hybridized carbons (Fsp3) is 0.235. The molecule has 0 heterocycles. The van der Waals surface area contributed by atoms with Crippen LogP contribution in [0.15, 0.2) is 46.9 Å². The number of carbonyl (C=O) groups excluding carboxylic acids is 1. The van der Waals surface area contributed by atoms with Gasteiger partial charge in [0, 0.05) is 23.0 Å². The first kappa shape index (κ1) is 16.5. The van der Waals surface area contributed by atoms with E-state index in [1.165, 1.54) is 6.07 Å². The first-order valence-corrected chi connectivity index (χ1v) is 7.71.